The molecular formula is C17H11N3O4S. The van der Waals surface area contributed by atoms with Gasteiger partial charge in [-0.25, -0.2) is 0 Å². The molecule has 1 N–H and O–H groups in total. The predicted molar refractivity (Wildman–Crippen MR) is 94.4 cm³/mol. The maximum absolute atomic E-state index is 12.2. The lowest BCUT2D eigenvalue weighted by molar-refractivity contribution is -0.385. The van der Waals surface area contributed by atoms with Crippen molar-refractivity contribution in [2.24, 2.45) is 4.40 Å². The Bertz CT molecular complexity index is 1170. The van der Waals surface area contributed by atoms with Gasteiger partial charge in [0.2, 0.25) is 0 Å². The van der Waals surface area contributed by atoms with Crippen molar-refractivity contribution in [3.05, 3.63) is 76.3 Å². The Morgan fingerprint density at radius 1 is 0.960 bits per heavy atom. The van der Waals surface area contributed by atoms with Crippen molar-refractivity contribution >= 4 is 38.0 Å². The summed E-state index contributed by atoms with van der Waals surface area (Å²) in [6.45, 7) is 0. The van der Waals surface area contributed by atoms with Gasteiger partial charge in [0.1, 0.15) is 4.90 Å². The lowest BCUT2D eigenvalue weighted by Gasteiger charge is -2.07. The molecule has 0 aliphatic carbocycles. The average molecular weight is 353 g/mol. The number of hydrogen-bond donors (Lipinski definition) is 1. The number of nitrogens with zero attached hydrogens (tertiary/aromatic N) is 2. The number of amidine groups is 1. The van der Waals surface area contributed by atoms with Crippen LogP contribution in [0, 0.1) is 10.1 Å². The molecule has 0 unspecified atom stereocenters. The second kappa shape index (κ2) is 5.38. The molecule has 0 aromatic heterocycles. The summed E-state index contributed by atoms with van der Waals surface area (Å²) in [5.74, 6) is 0.153. The van der Waals surface area contributed by atoms with Gasteiger partial charge in [-0.05, 0) is 29.0 Å². The summed E-state index contributed by atoms with van der Waals surface area (Å²) < 4.78 is 28.1. The number of benzene rings is 3. The number of nitrogens with one attached hydrogen (secondary N) is 1. The Balaban J connectivity index is 1.75. The summed E-state index contributed by atoms with van der Waals surface area (Å²) >= 11 is 0. The molecule has 0 bridgehead atoms. The monoisotopic (exact) mass is 353 g/mol. The maximum atomic E-state index is 12.2. The third kappa shape index (κ3) is 2.62. The Morgan fingerprint density at radius 2 is 1.72 bits per heavy atom. The van der Waals surface area contributed by atoms with Crippen LogP contribution in [0.5, 0.6) is 0 Å². The third-order valence-electron chi connectivity index (χ3n) is 3.93. The van der Waals surface area contributed by atoms with E-state index in [1.807, 2.05) is 42.5 Å². The van der Waals surface area contributed by atoms with Gasteiger partial charge < -0.3 is 5.32 Å². The van der Waals surface area contributed by atoms with E-state index in [0.29, 0.717) is 11.3 Å². The zero-order valence-corrected chi connectivity index (χ0v) is 13.5. The topological polar surface area (TPSA) is 102 Å². The summed E-state index contributed by atoms with van der Waals surface area (Å²) in [4.78, 5) is 10.1. The van der Waals surface area contributed by atoms with Crippen LogP contribution in [-0.2, 0) is 10.0 Å². The first kappa shape index (κ1) is 15.3. The van der Waals surface area contributed by atoms with Gasteiger partial charge in [-0.3, -0.25) is 10.1 Å². The zero-order chi connectivity index (χ0) is 17.6. The van der Waals surface area contributed by atoms with E-state index in [4.69, 9.17) is 0 Å². The zero-order valence-electron chi connectivity index (χ0n) is 12.7. The smallest absolute Gasteiger partial charge is 0.285 e. The fourth-order valence-electron chi connectivity index (χ4n) is 2.75. The molecule has 4 rings (SSSR count). The van der Waals surface area contributed by atoms with Crippen molar-refractivity contribution in [3.8, 4) is 0 Å². The summed E-state index contributed by atoms with van der Waals surface area (Å²) in [5.41, 5.74) is 0.710. The molecule has 3 aromatic rings. The van der Waals surface area contributed by atoms with Crippen LogP contribution < -0.4 is 5.32 Å². The first-order valence-corrected chi connectivity index (χ1v) is 8.78. The van der Waals surface area contributed by atoms with Crippen molar-refractivity contribution in [1.29, 1.82) is 0 Å². The molecule has 3 aromatic carbocycles. The van der Waals surface area contributed by atoms with E-state index in [1.54, 1.807) is 0 Å². The van der Waals surface area contributed by atoms with E-state index >= 15 is 0 Å². The van der Waals surface area contributed by atoms with Gasteiger partial charge in [-0.1, -0.05) is 30.3 Å². The van der Waals surface area contributed by atoms with E-state index in [-0.39, 0.29) is 16.4 Å². The van der Waals surface area contributed by atoms with Gasteiger partial charge in [0.25, 0.3) is 15.7 Å². The number of anilines is 1. The van der Waals surface area contributed by atoms with Crippen LogP contribution in [0.2, 0.25) is 0 Å². The van der Waals surface area contributed by atoms with E-state index in [2.05, 4.69) is 9.71 Å². The highest BCUT2D eigenvalue weighted by Crippen LogP contribution is 2.30. The van der Waals surface area contributed by atoms with Crippen molar-refractivity contribution in [3.63, 3.8) is 0 Å². The molecule has 7 nitrogen and oxygen atoms in total. The van der Waals surface area contributed by atoms with Crippen molar-refractivity contribution in [2.45, 2.75) is 4.90 Å². The molecule has 1 aliphatic rings. The van der Waals surface area contributed by atoms with Crippen LogP contribution in [0.15, 0.2) is 70.0 Å². The molecule has 1 aliphatic heterocycles. The molecule has 0 fully saturated rings. The van der Waals surface area contributed by atoms with E-state index < -0.39 is 14.9 Å². The second-order valence-corrected chi connectivity index (χ2v) is 7.11. The highest BCUT2D eigenvalue weighted by atomic mass is 32.2. The highest BCUT2D eigenvalue weighted by molar-refractivity contribution is 7.90. The van der Waals surface area contributed by atoms with Gasteiger partial charge >= 0.3 is 0 Å². The summed E-state index contributed by atoms with van der Waals surface area (Å²) in [5, 5.41) is 15.9. The van der Waals surface area contributed by atoms with Crippen LogP contribution in [0.25, 0.3) is 10.8 Å². The number of nitro benzene ring substituents is 1. The molecule has 0 amide bonds. The number of rotatable bonds is 2. The number of nitro groups is 1. The Morgan fingerprint density at radius 3 is 2.48 bits per heavy atom. The normalized spacial score (nSPS) is 14.8. The number of hydrogen-bond acceptors (Lipinski definition) is 5. The first-order valence-electron chi connectivity index (χ1n) is 7.34. The van der Waals surface area contributed by atoms with Crippen LogP contribution in [0.3, 0.4) is 0 Å². The first-order chi connectivity index (χ1) is 11.9. The van der Waals surface area contributed by atoms with Crippen LogP contribution in [0.4, 0.5) is 11.4 Å². The SMILES string of the molecule is O=[N+]([O-])c1ccc2c(c1)S(=O)(=O)N=C2Nc1ccc2ccccc2c1. The molecule has 124 valence electrons. The van der Waals surface area contributed by atoms with E-state index in [9.17, 15) is 18.5 Å². The Kier molecular flexibility index (Phi) is 3.29. The third-order valence-corrected chi connectivity index (χ3v) is 5.25. The van der Waals surface area contributed by atoms with Crippen molar-refractivity contribution in [2.75, 3.05) is 5.32 Å². The second-order valence-electron chi connectivity index (χ2n) is 5.54. The van der Waals surface area contributed by atoms with Gasteiger partial charge in [-0.2, -0.15) is 8.42 Å². The van der Waals surface area contributed by atoms with Gasteiger partial charge in [0, 0.05) is 23.4 Å². The van der Waals surface area contributed by atoms with Crippen molar-refractivity contribution < 1.29 is 13.3 Å². The van der Waals surface area contributed by atoms with Crippen molar-refractivity contribution in [1.82, 2.24) is 0 Å². The van der Waals surface area contributed by atoms with Crippen LogP contribution in [-0.4, -0.2) is 19.2 Å². The molecule has 25 heavy (non-hydrogen) atoms. The lowest BCUT2D eigenvalue weighted by Crippen LogP contribution is -2.11. The van der Waals surface area contributed by atoms with Crippen LogP contribution >= 0.6 is 0 Å². The summed E-state index contributed by atoms with van der Waals surface area (Å²) in [6.07, 6.45) is 0. The number of sulfonamides is 1. The van der Waals surface area contributed by atoms with Gasteiger partial charge in [0.05, 0.1) is 4.92 Å². The molecule has 0 saturated heterocycles. The summed E-state index contributed by atoms with van der Waals surface area (Å²) in [6, 6.07) is 17.1. The largest absolute Gasteiger partial charge is 0.339 e. The maximum Gasteiger partial charge on any atom is 0.285 e. The average Bonchev–Trinajstić information content (AvgIpc) is 2.85. The highest BCUT2D eigenvalue weighted by Gasteiger charge is 2.31. The quantitative estimate of drug-likeness (QED) is 0.562. The minimum Gasteiger partial charge on any atom is -0.339 e. The number of non-ortho nitro benzene ring substituents is 1. The van der Waals surface area contributed by atoms with Crippen LogP contribution in [0.1, 0.15) is 5.56 Å². The fraction of sp³-hybridized carbons (Fsp3) is 0. The molecule has 0 radical (unpaired) electrons. The van der Waals surface area contributed by atoms with Gasteiger partial charge in [-0.15, -0.1) is 4.40 Å². The standard InChI is InChI=1S/C17H11N3O4S/c21-20(22)14-7-8-15-16(10-14)25(23,24)19-17(15)18-13-6-5-11-3-1-2-4-12(11)9-13/h1-10H,(H,18,19). The molecule has 0 atom stereocenters. The molecule has 8 heteroatoms. The number of fused-ring (bicyclic) bond motifs is 2. The summed E-state index contributed by atoms with van der Waals surface area (Å²) in [7, 11) is -3.95. The minimum atomic E-state index is -3.95. The molecule has 1 heterocycles. The molecule has 0 saturated carbocycles. The minimum absolute atomic E-state index is 0.153. The van der Waals surface area contributed by atoms with E-state index in [0.717, 1.165) is 16.8 Å². The fourth-order valence-corrected chi connectivity index (χ4v) is 3.94. The molecular weight excluding hydrogens is 342 g/mol. The van der Waals surface area contributed by atoms with Gasteiger partial charge in [0.15, 0.2) is 5.84 Å². The lowest BCUT2D eigenvalue weighted by atomic mass is 10.1. The molecule has 0 spiro atoms. The predicted octanol–water partition coefficient (Wildman–Crippen LogP) is 3.31. The Labute approximate surface area is 142 Å². The van der Waals surface area contributed by atoms with E-state index in [1.165, 1.54) is 12.1 Å². The Hall–Kier alpha value is -3.26.